The second kappa shape index (κ2) is 54.5. The summed E-state index contributed by atoms with van der Waals surface area (Å²) in [6, 6.07) is 37.8. The molecular weight excluding hydrogens is 1810 g/mol. The fourth-order valence-corrected chi connectivity index (χ4v) is 21.7. The number of halogens is 3. The molecular formula is C124H193F3N10O4S2. The predicted octanol–water partition coefficient (Wildman–Crippen LogP) is 33.1. The molecule has 10 unspecified atom stereocenters. The van der Waals surface area contributed by atoms with Crippen molar-refractivity contribution in [1.29, 1.82) is 0 Å². The van der Waals surface area contributed by atoms with Gasteiger partial charge >= 0.3 is 6.18 Å². The monoisotopic (exact) mass is 2010 g/mol. The van der Waals surface area contributed by atoms with Gasteiger partial charge in [-0.15, -0.1) is 22.0 Å². The van der Waals surface area contributed by atoms with E-state index in [2.05, 4.69) is 350 Å². The van der Waals surface area contributed by atoms with E-state index in [-0.39, 0.29) is 55.4 Å². The molecule has 19 heteroatoms. The normalized spacial score (nSPS) is 21.9. The number of ketones is 1. The first kappa shape index (κ1) is 127. The summed E-state index contributed by atoms with van der Waals surface area (Å²) in [6.45, 7) is 75.6. The Morgan fingerprint density at radius 3 is 1.48 bits per heavy atom. The van der Waals surface area contributed by atoms with Gasteiger partial charge in [0.1, 0.15) is 11.5 Å². The summed E-state index contributed by atoms with van der Waals surface area (Å²) >= 11 is 2.13. The van der Waals surface area contributed by atoms with Gasteiger partial charge in [-0.2, -0.15) is 35.1 Å². The van der Waals surface area contributed by atoms with Crippen LogP contribution in [0.5, 0.6) is 5.75 Å². The van der Waals surface area contributed by atoms with Crippen molar-refractivity contribution >= 4 is 39.8 Å². The second-order valence-corrected chi connectivity index (χ2v) is 55.1. The number of alkyl halides is 3. The van der Waals surface area contributed by atoms with Crippen LogP contribution in [0.15, 0.2) is 179 Å². The van der Waals surface area contributed by atoms with Crippen LogP contribution in [0.25, 0.3) is 22.8 Å². The van der Waals surface area contributed by atoms with Crippen LogP contribution in [0.4, 0.5) is 13.2 Å². The topological polar surface area (TPSA) is 187 Å². The smallest absolute Gasteiger partial charge is 0.422 e. The number of rotatable bonds is 22. The molecule has 15 rings (SSSR count). The van der Waals surface area contributed by atoms with Gasteiger partial charge in [0.15, 0.2) is 21.5 Å². The number of sulfone groups is 1. The minimum Gasteiger partial charge on any atom is -0.494 e. The molecule has 4 aliphatic carbocycles. The molecule has 2 N–H and O–H groups in total. The number of hydrogen-bond donors (Lipinski definition) is 2. The summed E-state index contributed by atoms with van der Waals surface area (Å²) in [5, 5.41) is 23.3. The fourth-order valence-electron chi connectivity index (χ4n) is 18.4. The van der Waals surface area contributed by atoms with E-state index in [0.717, 1.165) is 108 Å². The summed E-state index contributed by atoms with van der Waals surface area (Å²) in [5.74, 6) is 16.8. The van der Waals surface area contributed by atoms with Crippen LogP contribution in [-0.2, 0) is 39.4 Å². The number of unbranched alkanes of at least 4 members (excludes halogenated alkanes) is 1. The quantitative estimate of drug-likeness (QED) is 0.0371. The zero-order valence-corrected chi connectivity index (χ0v) is 93.9. The Bertz CT molecular complexity index is 5200. The van der Waals surface area contributed by atoms with E-state index in [1.165, 1.54) is 105 Å². The number of thioether (sulfide) groups is 1. The molecule has 2 saturated heterocycles. The van der Waals surface area contributed by atoms with Gasteiger partial charge < -0.3 is 15.4 Å². The van der Waals surface area contributed by atoms with Gasteiger partial charge in [0.05, 0.1) is 53.1 Å². The van der Waals surface area contributed by atoms with Gasteiger partial charge in [0.25, 0.3) is 0 Å². The Labute approximate surface area is 873 Å². The average molecular weight is 2010 g/mol. The van der Waals surface area contributed by atoms with Gasteiger partial charge in [0.2, 0.25) is 5.54 Å². The number of Topliss-reactive ketones (excluding diaryl/α,β-unsaturated/α-hetero) is 1. The lowest BCUT2D eigenvalue weighted by molar-refractivity contribution is -0.156. The second-order valence-electron chi connectivity index (χ2n) is 51.7. The molecule has 143 heavy (non-hydrogen) atoms. The maximum atomic E-state index is 12.9. The number of benzene rings is 5. The van der Waals surface area contributed by atoms with Crippen molar-refractivity contribution in [1.82, 2.24) is 41.0 Å². The number of aliphatic imine (C=N–C) groups is 2. The zero-order valence-electron chi connectivity index (χ0n) is 92.3. The molecule has 5 aromatic carbocycles. The maximum Gasteiger partial charge on any atom is 0.422 e. The Morgan fingerprint density at radius 1 is 0.545 bits per heavy atom. The van der Waals surface area contributed by atoms with Crippen molar-refractivity contribution < 1.29 is 31.1 Å². The molecule has 796 valence electrons. The summed E-state index contributed by atoms with van der Waals surface area (Å²) in [6.07, 6.45) is 32.5. The number of ether oxygens (including phenoxy) is 1. The number of aromatic nitrogens is 6. The molecule has 0 radical (unpaired) electrons. The molecule has 12 atom stereocenters. The van der Waals surface area contributed by atoms with Crippen LogP contribution in [0, 0.1) is 123 Å². The van der Waals surface area contributed by atoms with E-state index in [9.17, 15) is 26.4 Å². The number of aryl methyl sites for hydroxylation is 5. The highest BCUT2D eigenvalue weighted by atomic mass is 32.2. The molecule has 6 heterocycles. The van der Waals surface area contributed by atoms with Gasteiger partial charge in [-0.25, -0.2) is 18.4 Å². The molecule has 4 aliphatic heterocycles. The van der Waals surface area contributed by atoms with E-state index >= 15 is 0 Å². The molecule has 0 spiro atoms. The highest BCUT2D eigenvalue weighted by Crippen LogP contribution is 2.58. The number of carbonyl (C=O) groups is 1. The Hall–Kier alpha value is -8.34. The molecule has 2 bridgehead atoms. The number of carbonyl (C=O) groups excluding carboxylic acids is 1. The van der Waals surface area contributed by atoms with Gasteiger partial charge in [0, 0.05) is 65.7 Å². The Kier molecular flexibility index (Phi) is 48.4. The third-order valence-corrected chi connectivity index (χ3v) is 30.2. The standard InChI is InChI=1S/C15H18F3N.C15H19N3O.C14H17N3.C14H26N2S.2C14H22.C13H20O2S.C13H20O.C9H17N.3CH4/c1-13(2,3)9-8-11-4-6-12(7-5-11)14(10-19-14)15(16,17)18;1-15(2,3)8-11-19-13-6-4-12(5-7-13)14-16-9-10-17-18-14;1-14(2,3)10-11-4-6-12(7-5-11)13-15-8-9-16-17-13;1-10-15-11-9-17-12(13(11)16-10)7-5-6-8-14(2,3)4;1-14(2,3)10-13-11-8-6-4-5-7-9-12(11)13;1-11-6-7-13(12(2)10-11)8-9-14(3,4)5;1-11-5-7-12(8-6-11)16(14,15)10-9-13(2,3)4;1-8(14)11-9-5-6-10(7-9)12(11)13(2,3)4;1-8(2,3)5-6-9(4)7-10-9;;;/h4-7,10H,8-9H2,1-3H3;4-7,9-10H,8,11H2,1-3H3;4-9H,10H2,1-3H3;11-13,15-16H,1,5-9H2,2-4H3;11-13H,6-10H2,1-3H3;6-7,10H,8-9H2,1-5H3;5-8H,9-10H2,1-4H3;5-6,9-12H,7H2,1-4H3;7H,5-6H2,1-4H3;3*1H4/t;;;;11-,12+,13?;;;;;;;. The summed E-state index contributed by atoms with van der Waals surface area (Å²) in [4.78, 5) is 28.1. The highest BCUT2D eigenvalue weighted by molar-refractivity contribution is 8.00. The van der Waals surface area contributed by atoms with Gasteiger partial charge in [-0.05, 0) is 279 Å². The van der Waals surface area contributed by atoms with Gasteiger partial charge in [-0.3, -0.25) is 14.8 Å². The number of fused-ring (bicyclic) bond motifs is 4. The van der Waals surface area contributed by atoms with Crippen LogP contribution >= 0.6 is 11.8 Å². The number of nitrogens with one attached hydrogen (secondary N) is 2. The summed E-state index contributed by atoms with van der Waals surface area (Å²) in [5.41, 5.74) is 11.2. The fraction of sp³-hybridized carbons (Fsp3) is 0.637. The Balaban J connectivity index is 0.000000336. The first-order chi connectivity index (χ1) is 64.7. The molecule has 8 aliphatic rings. The minimum atomic E-state index is -4.33. The molecule has 0 amide bonds. The predicted molar refractivity (Wildman–Crippen MR) is 606 cm³/mol. The van der Waals surface area contributed by atoms with E-state index in [4.69, 9.17) is 4.74 Å². The van der Waals surface area contributed by atoms with E-state index in [1.807, 2.05) is 43.3 Å². The molecule has 7 aromatic rings. The first-order valence-electron chi connectivity index (χ1n) is 51.9. The molecule has 14 nitrogen and oxygen atoms in total. The lowest BCUT2D eigenvalue weighted by Crippen LogP contribution is -2.36. The molecule has 2 saturated carbocycles. The third-order valence-electron chi connectivity index (χ3n) is 26.9. The summed E-state index contributed by atoms with van der Waals surface area (Å²) < 4.78 is 68.3. The zero-order chi connectivity index (χ0) is 104. The first-order valence-corrected chi connectivity index (χ1v) is 54.6. The van der Waals surface area contributed by atoms with E-state index in [1.54, 1.807) is 68.1 Å². The Morgan fingerprint density at radius 2 is 1.03 bits per heavy atom. The molecule has 4 fully saturated rings. The van der Waals surface area contributed by atoms with Crippen molar-refractivity contribution in [2.45, 2.75) is 405 Å². The van der Waals surface area contributed by atoms with Crippen molar-refractivity contribution in [3.8, 4) is 40.4 Å². The van der Waals surface area contributed by atoms with Crippen LogP contribution in [0.3, 0.4) is 0 Å². The van der Waals surface area contributed by atoms with Crippen LogP contribution in [-0.4, -0.2) is 104 Å². The van der Waals surface area contributed by atoms with E-state index < -0.39 is 21.6 Å². The van der Waals surface area contributed by atoms with Crippen LogP contribution < -0.4 is 15.4 Å². The largest absolute Gasteiger partial charge is 0.494 e. The minimum absolute atomic E-state index is 0. The number of hydrogen-bond acceptors (Lipinski definition) is 15. The van der Waals surface area contributed by atoms with Gasteiger partial charge in [-0.1, -0.05) is 331 Å². The van der Waals surface area contributed by atoms with Crippen molar-refractivity contribution in [3.63, 3.8) is 0 Å². The number of nitrogens with zero attached hydrogens (tertiary/aromatic N) is 8. The lowest BCUT2D eigenvalue weighted by Gasteiger charge is -2.37. The summed E-state index contributed by atoms with van der Waals surface area (Å²) in [7, 11) is -3.11. The van der Waals surface area contributed by atoms with Crippen LogP contribution in [0.1, 0.15) is 365 Å². The molecule has 2 aromatic heterocycles. The average Bonchev–Trinajstić information content (AvgIpc) is 1.58. The van der Waals surface area contributed by atoms with Crippen LogP contribution in [0.2, 0.25) is 0 Å². The number of allylic oxidation sites excluding steroid dienone is 2. The third kappa shape index (κ3) is 47.2. The van der Waals surface area contributed by atoms with Crippen molar-refractivity contribution in [2.75, 3.05) is 18.1 Å². The van der Waals surface area contributed by atoms with Crippen molar-refractivity contribution in [3.05, 3.63) is 204 Å². The highest BCUT2D eigenvalue weighted by Gasteiger charge is 2.62. The maximum absolute atomic E-state index is 12.9. The van der Waals surface area contributed by atoms with E-state index in [0.29, 0.717) is 97.0 Å². The SMILES string of the molecule is C.C.C.C=C1NC2CSC(CCCCC(C)(C)C)C2N1.CC(=O)C1C2C=CC(C2)C1C(C)(C)C.CC(C)(C)CC1[C@H]2CCC#CCC[C@@H]12.CC(C)(C)CCC1(C)C=N1.CC(C)(C)CCOc1ccc(-c2nccnn2)cc1.CC(C)(C)CCc1ccc(C2(C(F)(F)F)C=N2)cc1.CC(C)(C)Cc1ccc(-c2nccnn2)cc1.Cc1ccc(CCC(C)(C)C)c(C)c1.Cc1ccc(S(=O)(=O)CCC(C)(C)C)cc1. The lowest BCUT2D eigenvalue weighted by atomic mass is 9.67. The van der Waals surface area contributed by atoms with Crippen molar-refractivity contribution in [2.24, 2.45) is 100 Å².